The Bertz CT molecular complexity index is 1170. The number of hydrogen-bond acceptors (Lipinski definition) is 5. The van der Waals surface area contributed by atoms with E-state index in [9.17, 15) is 4.79 Å². The molecule has 0 atom stereocenters. The molecule has 1 aliphatic heterocycles. The summed E-state index contributed by atoms with van der Waals surface area (Å²) in [4.78, 5) is 28.3. The van der Waals surface area contributed by atoms with Gasteiger partial charge in [0.2, 0.25) is 0 Å². The lowest BCUT2D eigenvalue weighted by Crippen LogP contribution is -2.27. The van der Waals surface area contributed by atoms with Crippen molar-refractivity contribution in [3.63, 3.8) is 0 Å². The molecule has 0 fully saturated rings. The van der Waals surface area contributed by atoms with Crippen molar-refractivity contribution < 1.29 is 4.79 Å². The molecule has 1 aliphatic rings. The van der Waals surface area contributed by atoms with Crippen LogP contribution in [-0.2, 0) is 13.1 Å². The lowest BCUT2D eigenvalue weighted by Gasteiger charge is -2.16. The van der Waals surface area contributed by atoms with Crippen molar-refractivity contribution >= 4 is 11.6 Å². The van der Waals surface area contributed by atoms with Crippen LogP contribution < -0.4 is 0 Å². The van der Waals surface area contributed by atoms with E-state index < -0.39 is 0 Å². The van der Waals surface area contributed by atoms with Crippen LogP contribution in [0.25, 0.3) is 17.0 Å². The van der Waals surface area contributed by atoms with Gasteiger partial charge in [-0.1, -0.05) is 30.3 Å². The molecule has 4 aromatic rings. The molecule has 0 radical (unpaired) electrons. The average Bonchev–Trinajstić information content (AvgIpc) is 3.35. The highest BCUT2D eigenvalue weighted by molar-refractivity contribution is 5.95. The first-order chi connectivity index (χ1) is 13.2. The Morgan fingerprint density at radius 1 is 1.04 bits per heavy atom. The van der Waals surface area contributed by atoms with E-state index in [1.807, 2.05) is 49.5 Å². The largest absolute Gasteiger partial charge is 0.328 e. The zero-order valence-corrected chi connectivity index (χ0v) is 14.7. The maximum absolute atomic E-state index is 13.1. The molecule has 7 heteroatoms. The lowest BCUT2D eigenvalue weighted by molar-refractivity contribution is 0.0748. The van der Waals surface area contributed by atoms with Gasteiger partial charge in [-0.2, -0.15) is 5.10 Å². The SMILES string of the molecule is Cc1c(C(=O)N2Cc3cnc(-c4ccccc4)nc3C2)cnc2ccnn12. The number of amides is 1. The molecule has 0 saturated heterocycles. The summed E-state index contributed by atoms with van der Waals surface area (Å²) >= 11 is 0. The van der Waals surface area contributed by atoms with E-state index in [0.717, 1.165) is 28.2 Å². The number of aromatic nitrogens is 5. The summed E-state index contributed by atoms with van der Waals surface area (Å²) in [6, 6.07) is 11.7. The van der Waals surface area contributed by atoms with Gasteiger partial charge in [0.15, 0.2) is 11.5 Å². The highest BCUT2D eigenvalue weighted by atomic mass is 16.2. The summed E-state index contributed by atoms with van der Waals surface area (Å²) in [7, 11) is 0. The Hall–Kier alpha value is -3.61. The molecule has 0 saturated carbocycles. The van der Waals surface area contributed by atoms with Crippen molar-refractivity contribution in [3.8, 4) is 11.4 Å². The first-order valence-electron chi connectivity index (χ1n) is 8.69. The molecule has 7 nitrogen and oxygen atoms in total. The van der Waals surface area contributed by atoms with E-state index in [-0.39, 0.29) is 5.91 Å². The van der Waals surface area contributed by atoms with Crippen LogP contribution in [0.1, 0.15) is 27.3 Å². The minimum atomic E-state index is -0.0725. The van der Waals surface area contributed by atoms with Gasteiger partial charge in [-0.05, 0) is 6.92 Å². The molecule has 1 amide bonds. The minimum absolute atomic E-state index is 0.0725. The third kappa shape index (κ3) is 2.55. The molecule has 132 valence electrons. The number of carbonyl (C=O) groups excluding carboxylic acids is 1. The van der Waals surface area contributed by atoms with Crippen LogP contribution in [0.2, 0.25) is 0 Å². The first-order valence-corrected chi connectivity index (χ1v) is 8.69. The van der Waals surface area contributed by atoms with Crippen LogP contribution in [0.15, 0.2) is 55.0 Å². The zero-order chi connectivity index (χ0) is 18.4. The van der Waals surface area contributed by atoms with E-state index in [1.54, 1.807) is 21.8 Å². The molecule has 0 N–H and O–H groups in total. The van der Waals surface area contributed by atoms with E-state index in [4.69, 9.17) is 0 Å². The van der Waals surface area contributed by atoms with Gasteiger partial charge in [0.05, 0.1) is 29.7 Å². The fourth-order valence-corrected chi connectivity index (χ4v) is 3.39. The van der Waals surface area contributed by atoms with Gasteiger partial charge in [0.1, 0.15) is 0 Å². The number of carbonyl (C=O) groups is 1. The number of rotatable bonds is 2. The second-order valence-corrected chi connectivity index (χ2v) is 6.55. The maximum atomic E-state index is 13.1. The predicted molar refractivity (Wildman–Crippen MR) is 98.8 cm³/mol. The van der Waals surface area contributed by atoms with Crippen LogP contribution in [0.4, 0.5) is 0 Å². The van der Waals surface area contributed by atoms with Gasteiger partial charge in [-0.25, -0.2) is 19.5 Å². The number of benzene rings is 1. The third-order valence-corrected chi connectivity index (χ3v) is 4.86. The van der Waals surface area contributed by atoms with Gasteiger partial charge in [-0.15, -0.1) is 0 Å². The van der Waals surface area contributed by atoms with Crippen LogP contribution >= 0.6 is 0 Å². The molecule has 0 unspecified atom stereocenters. The van der Waals surface area contributed by atoms with Crippen molar-refractivity contribution in [1.29, 1.82) is 0 Å². The van der Waals surface area contributed by atoms with Crippen LogP contribution in [0, 0.1) is 6.92 Å². The topological polar surface area (TPSA) is 76.3 Å². The Labute approximate surface area is 155 Å². The van der Waals surface area contributed by atoms with E-state index in [0.29, 0.717) is 24.5 Å². The molecular formula is C20H16N6O. The minimum Gasteiger partial charge on any atom is -0.328 e. The van der Waals surface area contributed by atoms with Gasteiger partial charge in [0, 0.05) is 36.1 Å². The van der Waals surface area contributed by atoms with Crippen LogP contribution in [-0.4, -0.2) is 35.4 Å². The summed E-state index contributed by atoms with van der Waals surface area (Å²) in [5.41, 5.74) is 4.90. The Balaban J connectivity index is 1.45. The normalized spacial score (nSPS) is 13.1. The Kier molecular flexibility index (Phi) is 3.46. The van der Waals surface area contributed by atoms with Gasteiger partial charge < -0.3 is 4.90 Å². The second kappa shape index (κ2) is 5.98. The number of nitrogens with zero attached hydrogens (tertiary/aromatic N) is 6. The molecule has 5 rings (SSSR count). The summed E-state index contributed by atoms with van der Waals surface area (Å²) < 4.78 is 1.68. The maximum Gasteiger partial charge on any atom is 0.257 e. The fourth-order valence-electron chi connectivity index (χ4n) is 3.39. The summed E-state index contributed by atoms with van der Waals surface area (Å²) in [5, 5.41) is 4.23. The summed E-state index contributed by atoms with van der Waals surface area (Å²) in [5.74, 6) is 0.608. The molecule has 0 spiro atoms. The highest BCUT2D eigenvalue weighted by Crippen LogP contribution is 2.25. The molecule has 3 aromatic heterocycles. The number of aryl methyl sites for hydroxylation is 1. The quantitative estimate of drug-likeness (QED) is 0.552. The van der Waals surface area contributed by atoms with Gasteiger partial charge >= 0.3 is 0 Å². The van der Waals surface area contributed by atoms with E-state index >= 15 is 0 Å². The lowest BCUT2D eigenvalue weighted by atomic mass is 10.2. The number of hydrogen-bond donors (Lipinski definition) is 0. The number of fused-ring (bicyclic) bond motifs is 2. The highest BCUT2D eigenvalue weighted by Gasteiger charge is 2.28. The van der Waals surface area contributed by atoms with Crippen molar-refractivity contribution in [2.45, 2.75) is 20.0 Å². The standard InChI is InChI=1S/C20H16N6O/c1-13-16(10-21-18-7-8-23-26(13)18)20(27)25-11-15-9-22-19(24-17(15)12-25)14-5-3-2-4-6-14/h2-10H,11-12H2,1H3. The van der Waals surface area contributed by atoms with Crippen LogP contribution in [0.5, 0.6) is 0 Å². The van der Waals surface area contributed by atoms with Crippen molar-refractivity contribution in [2.75, 3.05) is 0 Å². The van der Waals surface area contributed by atoms with Gasteiger partial charge in [0.25, 0.3) is 5.91 Å². The molecular weight excluding hydrogens is 340 g/mol. The average molecular weight is 356 g/mol. The molecule has 0 bridgehead atoms. The molecule has 4 heterocycles. The predicted octanol–water partition coefficient (Wildman–Crippen LogP) is 2.65. The van der Waals surface area contributed by atoms with E-state index in [1.165, 1.54) is 0 Å². The smallest absolute Gasteiger partial charge is 0.257 e. The first kappa shape index (κ1) is 15.6. The van der Waals surface area contributed by atoms with Gasteiger partial charge in [-0.3, -0.25) is 4.79 Å². The molecule has 27 heavy (non-hydrogen) atoms. The van der Waals surface area contributed by atoms with Crippen molar-refractivity contribution in [2.24, 2.45) is 0 Å². The Morgan fingerprint density at radius 3 is 2.74 bits per heavy atom. The molecule has 0 aliphatic carbocycles. The third-order valence-electron chi connectivity index (χ3n) is 4.86. The zero-order valence-electron chi connectivity index (χ0n) is 14.7. The monoisotopic (exact) mass is 356 g/mol. The fraction of sp³-hybridized carbons (Fsp3) is 0.150. The van der Waals surface area contributed by atoms with Crippen molar-refractivity contribution in [3.05, 3.63) is 77.5 Å². The van der Waals surface area contributed by atoms with Crippen LogP contribution in [0.3, 0.4) is 0 Å². The Morgan fingerprint density at radius 2 is 1.89 bits per heavy atom. The summed E-state index contributed by atoms with van der Waals surface area (Å²) in [6.07, 6.45) is 5.12. The van der Waals surface area contributed by atoms with Crippen molar-refractivity contribution in [1.82, 2.24) is 29.5 Å². The molecule has 1 aromatic carbocycles. The second-order valence-electron chi connectivity index (χ2n) is 6.55. The summed E-state index contributed by atoms with van der Waals surface area (Å²) in [6.45, 7) is 2.85. The van der Waals surface area contributed by atoms with E-state index in [2.05, 4.69) is 20.1 Å².